The van der Waals surface area contributed by atoms with E-state index in [1.165, 1.54) is 103 Å². The van der Waals surface area contributed by atoms with Crippen LogP contribution in [0.5, 0.6) is 0 Å². The summed E-state index contributed by atoms with van der Waals surface area (Å²) in [6.07, 6.45) is 51.7. The number of aliphatic hydroxyl groups is 2. The Morgan fingerprint density at radius 2 is 0.911 bits per heavy atom. The minimum absolute atomic E-state index is 0.0685. The summed E-state index contributed by atoms with van der Waals surface area (Å²) in [4.78, 5) is 26.0. The summed E-state index contributed by atoms with van der Waals surface area (Å²) in [6, 6.07) is -0.702. The van der Waals surface area contributed by atoms with Crippen LogP contribution in [0.15, 0.2) is 48.6 Å². The van der Waals surface area contributed by atoms with E-state index in [-0.39, 0.29) is 24.9 Å². The van der Waals surface area contributed by atoms with E-state index < -0.39 is 18.2 Å². The fourth-order valence-corrected chi connectivity index (χ4v) is 7.09. The van der Waals surface area contributed by atoms with Crippen molar-refractivity contribution < 1.29 is 24.5 Å². The van der Waals surface area contributed by atoms with Crippen LogP contribution >= 0.6 is 0 Å². The summed E-state index contributed by atoms with van der Waals surface area (Å²) in [7, 11) is 0. The molecular weight excluding hydrogens is 695 g/mol. The number of esters is 1. The number of aliphatic hydroxyl groups excluding tert-OH is 2. The lowest BCUT2D eigenvalue weighted by atomic mass is 10.0. The van der Waals surface area contributed by atoms with Crippen LogP contribution in [-0.4, -0.2) is 46.9 Å². The largest absolute Gasteiger partial charge is 0.462 e. The van der Waals surface area contributed by atoms with Crippen LogP contribution in [0.4, 0.5) is 0 Å². The summed E-state index contributed by atoms with van der Waals surface area (Å²) in [5, 5.41) is 23.6. The lowest BCUT2D eigenvalue weighted by molar-refractivity contribution is -0.151. The molecule has 3 unspecified atom stereocenters. The number of nitrogens with one attached hydrogen (secondary N) is 1. The second kappa shape index (κ2) is 43.9. The van der Waals surface area contributed by atoms with Crippen LogP contribution in [0.2, 0.25) is 0 Å². The molecule has 0 radical (unpaired) electrons. The van der Waals surface area contributed by atoms with Crippen molar-refractivity contribution >= 4 is 11.9 Å². The van der Waals surface area contributed by atoms with Crippen LogP contribution in [0.1, 0.15) is 233 Å². The number of allylic oxidation sites excluding steroid dienone is 8. The first-order valence-corrected chi connectivity index (χ1v) is 23.9. The second-order valence-electron chi connectivity index (χ2n) is 16.3. The molecule has 0 heterocycles. The standard InChI is InChI=1S/C50H91NO5/c1-4-7-10-13-16-19-21-22-23-24-25-26-27-29-31-34-37-40-43-50(55)56-46(41-38-35-32-18-15-12-9-6-3)44-49(54)51-47(45-52)48(53)42-39-36-33-30-28-20-17-14-11-8-5-2/h16,19,21-26,46-48,52-53H,4-15,17-18,20,27-45H2,1-3H3,(H,51,54)/b19-16+,22-21+,24-23+,26-25+. The lowest BCUT2D eigenvalue weighted by Gasteiger charge is -2.24. The van der Waals surface area contributed by atoms with E-state index in [4.69, 9.17) is 4.74 Å². The van der Waals surface area contributed by atoms with E-state index in [0.717, 1.165) is 83.5 Å². The van der Waals surface area contributed by atoms with Gasteiger partial charge in [-0.3, -0.25) is 9.59 Å². The molecule has 3 N–H and O–H groups in total. The number of rotatable bonds is 42. The van der Waals surface area contributed by atoms with Gasteiger partial charge in [-0.1, -0.05) is 217 Å². The average molecular weight is 786 g/mol. The van der Waals surface area contributed by atoms with Gasteiger partial charge in [-0.2, -0.15) is 0 Å². The fraction of sp³-hybridized carbons (Fsp3) is 0.800. The monoisotopic (exact) mass is 786 g/mol. The molecule has 0 saturated carbocycles. The van der Waals surface area contributed by atoms with Gasteiger partial charge in [-0.15, -0.1) is 0 Å². The van der Waals surface area contributed by atoms with Gasteiger partial charge in [0.2, 0.25) is 5.91 Å². The maximum atomic E-state index is 13.1. The molecule has 0 fully saturated rings. The van der Waals surface area contributed by atoms with E-state index in [9.17, 15) is 19.8 Å². The van der Waals surface area contributed by atoms with Gasteiger partial charge in [-0.05, 0) is 51.4 Å². The molecule has 1 amide bonds. The maximum Gasteiger partial charge on any atom is 0.306 e. The normalized spacial score (nSPS) is 13.7. The Labute approximate surface area is 346 Å². The van der Waals surface area contributed by atoms with Crippen molar-refractivity contribution in [1.82, 2.24) is 5.32 Å². The van der Waals surface area contributed by atoms with Crippen LogP contribution in [0.3, 0.4) is 0 Å². The van der Waals surface area contributed by atoms with Crippen molar-refractivity contribution in [2.45, 2.75) is 251 Å². The SMILES string of the molecule is CCCCC/C=C/C=C/C=C/C=C/CCCCCCCC(=O)OC(CCCCCCCCCC)CC(=O)NC(CO)C(O)CCCCCCCCCCCCC. The number of carbonyl (C=O) groups excluding carboxylic acids is 2. The Hall–Kier alpha value is -2.18. The van der Waals surface area contributed by atoms with Crippen molar-refractivity contribution in [3.63, 3.8) is 0 Å². The molecule has 0 aromatic carbocycles. The molecule has 0 aliphatic rings. The number of hydrogen-bond donors (Lipinski definition) is 3. The van der Waals surface area contributed by atoms with Crippen LogP contribution in [0, 0.1) is 0 Å². The van der Waals surface area contributed by atoms with Gasteiger partial charge in [0.15, 0.2) is 0 Å². The average Bonchev–Trinajstić information content (AvgIpc) is 3.19. The Bertz CT molecular complexity index is 972. The predicted molar refractivity (Wildman–Crippen MR) is 241 cm³/mol. The third kappa shape index (κ3) is 38.7. The summed E-state index contributed by atoms with van der Waals surface area (Å²) >= 11 is 0. The van der Waals surface area contributed by atoms with Gasteiger partial charge in [0.1, 0.15) is 6.10 Å². The minimum Gasteiger partial charge on any atom is -0.462 e. The Morgan fingerprint density at radius 1 is 0.518 bits per heavy atom. The highest BCUT2D eigenvalue weighted by Crippen LogP contribution is 2.17. The molecule has 326 valence electrons. The zero-order chi connectivity index (χ0) is 41.0. The number of ether oxygens (including phenoxy) is 1. The van der Waals surface area contributed by atoms with Crippen LogP contribution in [-0.2, 0) is 14.3 Å². The molecule has 6 nitrogen and oxygen atoms in total. The molecule has 0 bridgehead atoms. The van der Waals surface area contributed by atoms with Gasteiger partial charge in [0, 0.05) is 6.42 Å². The molecule has 0 spiro atoms. The molecule has 6 heteroatoms. The molecule has 0 aromatic rings. The van der Waals surface area contributed by atoms with E-state index >= 15 is 0 Å². The smallest absolute Gasteiger partial charge is 0.306 e. The van der Waals surface area contributed by atoms with Gasteiger partial charge in [-0.25, -0.2) is 0 Å². The van der Waals surface area contributed by atoms with E-state index in [2.05, 4.69) is 74.7 Å². The van der Waals surface area contributed by atoms with Crippen molar-refractivity contribution in [1.29, 1.82) is 0 Å². The van der Waals surface area contributed by atoms with Gasteiger partial charge < -0.3 is 20.3 Å². The van der Waals surface area contributed by atoms with Crippen molar-refractivity contribution in [2.75, 3.05) is 6.61 Å². The Kier molecular flexibility index (Phi) is 42.2. The minimum atomic E-state index is -0.788. The van der Waals surface area contributed by atoms with Crippen LogP contribution in [0.25, 0.3) is 0 Å². The number of carbonyl (C=O) groups is 2. The highest BCUT2D eigenvalue weighted by Gasteiger charge is 2.24. The van der Waals surface area contributed by atoms with Gasteiger partial charge >= 0.3 is 5.97 Å². The van der Waals surface area contributed by atoms with E-state index in [1.54, 1.807) is 0 Å². The van der Waals surface area contributed by atoms with E-state index in [0.29, 0.717) is 19.3 Å². The molecule has 0 rings (SSSR count). The third-order valence-electron chi connectivity index (χ3n) is 10.8. The molecule has 56 heavy (non-hydrogen) atoms. The Morgan fingerprint density at radius 3 is 1.41 bits per heavy atom. The molecule has 3 atom stereocenters. The number of hydrogen-bond acceptors (Lipinski definition) is 5. The lowest BCUT2D eigenvalue weighted by Crippen LogP contribution is -2.46. The molecular formula is C50H91NO5. The van der Waals surface area contributed by atoms with Crippen molar-refractivity contribution in [3.05, 3.63) is 48.6 Å². The molecule has 0 saturated heterocycles. The summed E-state index contributed by atoms with van der Waals surface area (Å²) in [5.74, 6) is -0.501. The molecule has 0 aliphatic carbocycles. The Balaban J connectivity index is 4.50. The van der Waals surface area contributed by atoms with Crippen molar-refractivity contribution in [2.24, 2.45) is 0 Å². The van der Waals surface area contributed by atoms with Crippen LogP contribution < -0.4 is 5.32 Å². The summed E-state index contributed by atoms with van der Waals surface area (Å²) < 4.78 is 5.88. The maximum absolute atomic E-state index is 13.1. The first kappa shape index (κ1) is 53.8. The predicted octanol–water partition coefficient (Wildman–Crippen LogP) is 13.9. The van der Waals surface area contributed by atoms with E-state index in [1.807, 2.05) is 0 Å². The van der Waals surface area contributed by atoms with Crippen molar-refractivity contribution in [3.8, 4) is 0 Å². The topological polar surface area (TPSA) is 95.9 Å². The van der Waals surface area contributed by atoms with Gasteiger partial charge in [0.25, 0.3) is 0 Å². The quantitative estimate of drug-likeness (QED) is 0.0325. The third-order valence-corrected chi connectivity index (χ3v) is 10.8. The number of amides is 1. The first-order chi connectivity index (χ1) is 27.5. The first-order valence-electron chi connectivity index (χ1n) is 23.9. The number of unbranched alkanes of at least 4 members (excludes halogenated alkanes) is 25. The summed E-state index contributed by atoms with van der Waals surface area (Å²) in [5.41, 5.74) is 0. The highest BCUT2D eigenvalue weighted by atomic mass is 16.5. The summed E-state index contributed by atoms with van der Waals surface area (Å²) in [6.45, 7) is 6.40. The van der Waals surface area contributed by atoms with Gasteiger partial charge in [0.05, 0.1) is 25.2 Å². The molecule has 0 aliphatic heterocycles. The second-order valence-corrected chi connectivity index (χ2v) is 16.3. The zero-order valence-electron chi connectivity index (χ0n) is 37.0. The fourth-order valence-electron chi connectivity index (χ4n) is 7.09. The highest BCUT2D eigenvalue weighted by molar-refractivity contribution is 5.77. The molecule has 0 aromatic heterocycles. The zero-order valence-corrected chi connectivity index (χ0v) is 37.0.